The Morgan fingerprint density at radius 3 is 2.81 bits per heavy atom. The summed E-state index contributed by atoms with van der Waals surface area (Å²) in [6.07, 6.45) is 4.11. The van der Waals surface area contributed by atoms with Crippen LogP contribution < -0.4 is 5.73 Å². The predicted molar refractivity (Wildman–Crippen MR) is 62.2 cm³/mol. The summed E-state index contributed by atoms with van der Waals surface area (Å²) < 4.78 is 0. The maximum Gasteiger partial charge on any atom is 0.250 e. The van der Waals surface area contributed by atoms with Gasteiger partial charge in [-0.1, -0.05) is 12.1 Å². The second kappa shape index (κ2) is 3.30. The maximum absolute atomic E-state index is 11.0. The average Bonchev–Trinajstić information content (AvgIpc) is 3.11. The Kier molecular flexibility index (Phi) is 1.93. The lowest BCUT2D eigenvalue weighted by Gasteiger charge is -2.02. The standard InChI is InChI=1S/C13H12N2O/c14-13(16)11-5-10-4-3-9(8-1-2-8)6-12(10)15-7-11/h3-8H,1-2H2,(H2,14,16). The van der Waals surface area contributed by atoms with Gasteiger partial charge in [0.05, 0.1) is 11.1 Å². The Bertz CT molecular complexity index is 573. The molecule has 3 rings (SSSR count). The van der Waals surface area contributed by atoms with Gasteiger partial charge < -0.3 is 5.73 Å². The van der Waals surface area contributed by atoms with Crippen LogP contribution in [0.4, 0.5) is 0 Å². The first-order valence-corrected chi connectivity index (χ1v) is 5.43. The van der Waals surface area contributed by atoms with Gasteiger partial charge in [0.15, 0.2) is 0 Å². The molecule has 1 amide bonds. The van der Waals surface area contributed by atoms with E-state index in [4.69, 9.17) is 5.73 Å². The van der Waals surface area contributed by atoms with Crippen molar-refractivity contribution in [3.63, 3.8) is 0 Å². The first-order valence-electron chi connectivity index (χ1n) is 5.43. The van der Waals surface area contributed by atoms with E-state index in [9.17, 15) is 4.79 Å². The van der Waals surface area contributed by atoms with Crippen molar-refractivity contribution in [3.8, 4) is 0 Å². The molecule has 1 aliphatic rings. The van der Waals surface area contributed by atoms with Gasteiger partial charge in [0.1, 0.15) is 0 Å². The first-order chi connectivity index (χ1) is 7.74. The van der Waals surface area contributed by atoms with E-state index in [2.05, 4.69) is 17.1 Å². The Labute approximate surface area is 93.3 Å². The van der Waals surface area contributed by atoms with Crippen LogP contribution in [-0.2, 0) is 0 Å². The third-order valence-electron chi connectivity index (χ3n) is 3.04. The smallest absolute Gasteiger partial charge is 0.250 e. The SMILES string of the molecule is NC(=O)c1cnc2cc(C3CC3)ccc2c1. The molecule has 0 spiro atoms. The van der Waals surface area contributed by atoms with E-state index >= 15 is 0 Å². The summed E-state index contributed by atoms with van der Waals surface area (Å²) in [6, 6.07) is 8.04. The van der Waals surface area contributed by atoms with Crippen LogP contribution in [0.1, 0.15) is 34.7 Å². The number of hydrogen-bond donors (Lipinski definition) is 1. The molecule has 0 atom stereocenters. The lowest BCUT2D eigenvalue weighted by Crippen LogP contribution is -2.11. The van der Waals surface area contributed by atoms with E-state index in [0.29, 0.717) is 5.56 Å². The van der Waals surface area contributed by atoms with Crippen molar-refractivity contribution in [3.05, 3.63) is 41.6 Å². The van der Waals surface area contributed by atoms with Gasteiger partial charge in [-0.25, -0.2) is 0 Å². The number of carbonyl (C=O) groups is 1. The van der Waals surface area contributed by atoms with E-state index in [0.717, 1.165) is 16.8 Å². The van der Waals surface area contributed by atoms with Gasteiger partial charge in [0.25, 0.3) is 0 Å². The zero-order valence-electron chi connectivity index (χ0n) is 8.81. The predicted octanol–water partition coefficient (Wildman–Crippen LogP) is 2.21. The highest BCUT2D eigenvalue weighted by atomic mass is 16.1. The second-order valence-corrected chi connectivity index (χ2v) is 4.31. The maximum atomic E-state index is 11.0. The molecule has 1 aliphatic carbocycles. The van der Waals surface area contributed by atoms with Gasteiger partial charge in [-0.15, -0.1) is 0 Å². The molecule has 1 aromatic heterocycles. The molecule has 80 valence electrons. The van der Waals surface area contributed by atoms with E-state index in [-0.39, 0.29) is 0 Å². The van der Waals surface area contributed by atoms with Crippen molar-refractivity contribution in [1.82, 2.24) is 4.98 Å². The summed E-state index contributed by atoms with van der Waals surface area (Å²) >= 11 is 0. The number of amides is 1. The second-order valence-electron chi connectivity index (χ2n) is 4.31. The highest BCUT2D eigenvalue weighted by molar-refractivity contribution is 5.96. The minimum Gasteiger partial charge on any atom is -0.366 e. The normalized spacial score (nSPS) is 15.2. The van der Waals surface area contributed by atoms with Crippen molar-refractivity contribution in [2.45, 2.75) is 18.8 Å². The largest absolute Gasteiger partial charge is 0.366 e. The minimum atomic E-state index is -0.430. The fourth-order valence-electron chi connectivity index (χ4n) is 1.94. The van der Waals surface area contributed by atoms with E-state index < -0.39 is 5.91 Å². The Hall–Kier alpha value is -1.90. The molecule has 1 heterocycles. The highest BCUT2D eigenvalue weighted by Crippen LogP contribution is 2.40. The van der Waals surface area contributed by atoms with Crippen molar-refractivity contribution in [1.29, 1.82) is 0 Å². The summed E-state index contributed by atoms with van der Waals surface area (Å²) in [5, 5.41) is 0.973. The minimum absolute atomic E-state index is 0.430. The molecule has 2 aromatic rings. The van der Waals surface area contributed by atoms with Crippen LogP contribution in [0.25, 0.3) is 10.9 Å². The molecule has 0 radical (unpaired) electrons. The molecule has 1 saturated carbocycles. The fourth-order valence-corrected chi connectivity index (χ4v) is 1.94. The number of nitrogens with two attached hydrogens (primary N) is 1. The number of primary amides is 1. The monoisotopic (exact) mass is 212 g/mol. The van der Waals surface area contributed by atoms with Gasteiger partial charge in [-0.05, 0) is 36.5 Å². The van der Waals surface area contributed by atoms with Crippen molar-refractivity contribution in [2.24, 2.45) is 5.73 Å². The van der Waals surface area contributed by atoms with Crippen LogP contribution in [0, 0.1) is 0 Å². The van der Waals surface area contributed by atoms with Crippen LogP contribution in [0.15, 0.2) is 30.5 Å². The summed E-state index contributed by atoms with van der Waals surface area (Å²) in [5.74, 6) is 0.294. The zero-order valence-corrected chi connectivity index (χ0v) is 8.81. The average molecular weight is 212 g/mol. The number of rotatable bonds is 2. The molecule has 0 saturated heterocycles. The first kappa shape index (κ1) is 9.33. The van der Waals surface area contributed by atoms with Crippen LogP contribution in [0.3, 0.4) is 0 Å². The van der Waals surface area contributed by atoms with Crippen LogP contribution in [0.2, 0.25) is 0 Å². The topological polar surface area (TPSA) is 56.0 Å². The number of hydrogen-bond acceptors (Lipinski definition) is 2. The molecule has 0 aliphatic heterocycles. The zero-order chi connectivity index (χ0) is 11.1. The van der Waals surface area contributed by atoms with Crippen LogP contribution in [-0.4, -0.2) is 10.9 Å². The quantitative estimate of drug-likeness (QED) is 0.829. The summed E-state index contributed by atoms with van der Waals surface area (Å²) in [4.78, 5) is 15.3. The Balaban J connectivity index is 2.12. The number of nitrogens with zero attached hydrogens (tertiary/aromatic N) is 1. The number of benzene rings is 1. The fraction of sp³-hybridized carbons (Fsp3) is 0.231. The highest BCUT2D eigenvalue weighted by Gasteiger charge is 2.23. The van der Waals surface area contributed by atoms with E-state index in [1.807, 2.05) is 6.07 Å². The summed E-state index contributed by atoms with van der Waals surface area (Å²) in [5.41, 5.74) is 7.97. The third kappa shape index (κ3) is 1.54. The molecular formula is C13H12N2O. The number of pyridine rings is 1. The molecule has 3 heteroatoms. The molecule has 3 nitrogen and oxygen atoms in total. The lowest BCUT2D eigenvalue weighted by atomic mass is 10.1. The number of carbonyl (C=O) groups excluding carboxylic acids is 1. The van der Waals surface area contributed by atoms with Crippen molar-refractivity contribution in [2.75, 3.05) is 0 Å². The molecule has 0 unspecified atom stereocenters. The van der Waals surface area contributed by atoms with Gasteiger partial charge in [-0.3, -0.25) is 9.78 Å². The number of aromatic nitrogens is 1. The Morgan fingerprint density at radius 1 is 1.31 bits per heavy atom. The van der Waals surface area contributed by atoms with E-state index in [1.54, 1.807) is 12.3 Å². The van der Waals surface area contributed by atoms with Crippen LogP contribution >= 0.6 is 0 Å². The third-order valence-corrected chi connectivity index (χ3v) is 3.04. The van der Waals surface area contributed by atoms with Crippen molar-refractivity contribution >= 4 is 16.8 Å². The molecule has 2 N–H and O–H groups in total. The molecular weight excluding hydrogens is 200 g/mol. The summed E-state index contributed by atoms with van der Waals surface area (Å²) in [6.45, 7) is 0. The summed E-state index contributed by atoms with van der Waals surface area (Å²) in [7, 11) is 0. The molecule has 0 bridgehead atoms. The van der Waals surface area contributed by atoms with E-state index in [1.165, 1.54) is 18.4 Å². The lowest BCUT2D eigenvalue weighted by molar-refractivity contribution is 0.1000. The van der Waals surface area contributed by atoms with Gasteiger partial charge >= 0.3 is 0 Å². The molecule has 1 aromatic carbocycles. The molecule has 1 fully saturated rings. The van der Waals surface area contributed by atoms with Crippen LogP contribution in [0.5, 0.6) is 0 Å². The van der Waals surface area contributed by atoms with Gasteiger partial charge in [-0.2, -0.15) is 0 Å². The molecule has 16 heavy (non-hydrogen) atoms. The van der Waals surface area contributed by atoms with Gasteiger partial charge in [0.2, 0.25) is 5.91 Å². The van der Waals surface area contributed by atoms with Crippen molar-refractivity contribution < 1.29 is 4.79 Å². The number of fused-ring (bicyclic) bond motifs is 1. The van der Waals surface area contributed by atoms with Gasteiger partial charge in [0, 0.05) is 11.6 Å². The Morgan fingerprint density at radius 2 is 2.12 bits per heavy atom.